The van der Waals surface area contributed by atoms with Crippen LogP contribution in [-0.2, 0) is 13.6 Å². The minimum Gasteiger partial charge on any atom is -0.346 e. The van der Waals surface area contributed by atoms with Gasteiger partial charge < -0.3 is 10.6 Å². The van der Waals surface area contributed by atoms with E-state index in [9.17, 15) is 9.59 Å². The van der Waals surface area contributed by atoms with E-state index in [2.05, 4.69) is 46.3 Å². The van der Waals surface area contributed by atoms with Gasteiger partial charge in [0.25, 0.3) is 11.8 Å². The molecule has 12 heteroatoms. The van der Waals surface area contributed by atoms with Gasteiger partial charge in [0.1, 0.15) is 17.7 Å². The number of tetrazole rings is 1. The van der Waals surface area contributed by atoms with Gasteiger partial charge in [-0.05, 0) is 31.5 Å². The molecule has 0 unspecified atom stereocenters. The van der Waals surface area contributed by atoms with Crippen molar-refractivity contribution in [3.63, 3.8) is 0 Å². The lowest BCUT2D eigenvalue weighted by molar-refractivity contribution is 0.0934. The number of carbonyl (C=O) groups is 2. The summed E-state index contributed by atoms with van der Waals surface area (Å²) in [6, 6.07) is 8.52. The predicted octanol–water partition coefficient (Wildman–Crippen LogP) is 1.43. The quantitative estimate of drug-likeness (QED) is 0.374. The summed E-state index contributed by atoms with van der Waals surface area (Å²) in [5, 5.41) is 23.9. The number of carbonyl (C=O) groups excluding carboxylic acids is 2. The van der Waals surface area contributed by atoms with Crippen molar-refractivity contribution in [1.29, 1.82) is 0 Å². The van der Waals surface area contributed by atoms with Crippen LogP contribution in [0.3, 0.4) is 0 Å². The van der Waals surface area contributed by atoms with Crippen LogP contribution in [-0.4, -0.2) is 52.2 Å². The molecule has 0 bridgehead atoms. The fourth-order valence-corrected chi connectivity index (χ4v) is 3.50. The first-order valence-electron chi connectivity index (χ1n) is 10.6. The molecule has 0 aliphatic carbocycles. The molecule has 34 heavy (non-hydrogen) atoms. The summed E-state index contributed by atoms with van der Waals surface area (Å²) in [6.45, 7) is 6.00. The van der Waals surface area contributed by atoms with E-state index in [1.807, 2.05) is 52.1 Å². The highest BCUT2D eigenvalue weighted by molar-refractivity contribution is 5.97. The van der Waals surface area contributed by atoms with Gasteiger partial charge in [-0.1, -0.05) is 24.3 Å². The minimum absolute atomic E-state index is 0.101. The number of hydrogen-bond donors (Lipinski definition) is 3. The van der Waals surface area contributed by atoms with Gasteiger partial charge in [0.2, 0.25) is 5.82 Å². The molecular formula is C22H24N10O2. The Kier molecular flexibility index (Phi) is 6.39. The summed E-state index contributed by atoms with van der Waals surface area (Å²) < 4.78 is 1.77. The van der Waals surface area contributed by atoms with Crippen molar-refractivity contribution in [3.8, 4) is 11.4 Å². The van der Waals surface area contributed by atoms with Crippen molar-refractivity contribution in [2.24, 2.45) is 7.05 Å². The average molecular weight is 461 g/mol. The molecule has 2 amide bonds. The van der Waals surface area contributed by atoms with Crippen molar-refractivity contribution in [2.45, 2.75) is 33.4 Å². The summed E-state index contributed by atoms with van der Waals surface area (Å²) in [6.07, 6.45) is 1.20. The van der Waals surface area contributed by atoms with Gasteiger partial charge in [-0.2, -0.15) is 10.3 Å². The van der Waals surface area contributed by atoms with Crippen LogP contribution in [0.25, 0.3) is 11.4 Å². The smallest absolute Gasteiger partial charge is 0.270 e. The number of rotatable bonds is 7. The van der Waals surface area contributed by atoms with Gasteiger partial charge in [0.15, 0.2) is 0 Å². The lowest BCUT2D eigenvalue weighted by Gasteiger charge is -2.14. The Morgan fingerprint density at radius 2 is 1.79 bits per heavy atom. The zero-order valence-corrected chi connectivity index (χ0v) is 19.2. The van der Waals surface area contributed by atoms with Crippen molar-refractivity contribution in [1.82, 2.24) is 51.0 Å². The normalized spacial score (nSPS) is 11.8. The topological polar surface area (TPSA) is 156 Å². The van der Waals surface area contributed by atoms with Crippen molar-refractivity contribution < 1.29 is 9.59 Å². The third-order valence-electron chi connectivity index (χ3n) is 5.58. The van der Waals surface area contributed by atoms with E-state index >= 15 is 0 Å². The van der Waals surface area contributed by atoms with E-state index in [4.69, 9.17) is 0 Å². The van der Waals surface area contributed by atoms with Gasteiger partial charge in [-0.25, -0.2) is 9.97 Å². The van der Waals surface area contributed by atoms with Crippen LogP contribution in [0.1, 0.15) is 56.5 Å². The number of nitrogens with one attached hydrogen (secondary N) is 3. The molecule has 4 aromatic rings. The Bertz CT molecular complexity index is 1310. The summed E-state index contributed by atoms with van der Waals surface area (Å²) in [5.74, 6) is -0.321. The highest BCUT2D eigenvalue weighted by Crippen LogP contribution is 2.19. The van der Waals surface area contributed by atoms with E-state index < -0.39 is 11.8 Å². The van der Waals surface area contributed by atoms with Crippen molar-refractivity contribution in [2.75, 3.05) is 0 Å². The fraction of sp³-hybridized carbons (Fsp3) is 0.273. The molecule has 0 radical (unpaired) electrons. The SMILES string of the molecule is Cc1nn(C)c(C)c1CNC(=O)c1cc(C(=O)N[C@@H](C)c2ccc(-c3nn[nH]n3)cc2)ncn1. The molecule has 0 aliphatic rings. The second-order valence-corrected chi connectivity index (χ2v) is 7.80. The molecule has 0 saturated heterocycles. The number of aromatic nitrogens is 8. The van der Waals surface area contributed by atoms with Crippen LogP contribution >= 0.6 is 0 Å². The maximum absolute atomic E-state index is 12.8. The van der Waals surface area contributed by atoms with Crippen LogP contribution in [0.5, 0.6) is 0 Å². The molecular weight excluding hydrogens is 436 g/mol. The van der Waals surface area contributed by atoms with Crippen LogP contribution in [0.2, 0.25) is 0 Å². The first-order valence-corrected chi connectivity index (χ1v) is 10.6. The second kappa shape index (κ2) is 9.57. The minimum atomic E-state index is -0.412. The van der Waals surface area contributed by atoms with Crippen LogP contribution in [0.4, 0.5) is 0 Å². The molecule has 174 valence electrons. The molecule has 0 saturated carbocycles. The molecule has 0 aliphatic heterocycles. The van der Waals surface area contributed by atoms with Crippen molar-refractivity contribution >= 4 is 11.8 Å². The molecule has 3 aromatic heterocycles. The summed E-state index contributed by atoms with van der Waals surface area (Å²) in [4.78, 5) is 33.4. The van der Waals surface area contributed by atoms with Crippen molar-refractivity contribution in [3.05, 3.63) is 70.6 Å². The number of benzene rings is 1. The number of hydrogen-bond acceptors (Lipinski definition) is 8. The highest BCUT2D eigenvalue weighted by atomic mass is 16.2. The molecule has 0 spiro atoms. The Hall–Kier alpha value is -4.48. The van der Waals surface area contributed by atoms with Crippen LogP contribution in [0, 0.1) is 13.8 Å². The molecule has 1 atom stereocenters. The predicted molar refractivity (Wildman–Crippen MR) is 121 cm³/mol. The number of nitrogens with zero attached hydrogens (tertiary/aromatic N) is 7. The van der Waals surface area contributed by atoms with E-state index in [0.717, 1.165) is 28.1 Å². The Morgan fingerprint density at radius 1 is 1.09 bits per heavy atom. The largest absolute Gasteiger partial charge is 0.346 e. The second-order valence-electron chi connectivity index (χ2n) is 7.80. The van der Waals surface area contributed by atoms with Gasteiger partial charge >= 0.3 is 0 Å². The first-order chi connectivity index (χ1) is 16.3. The third-order valence-corrected chi connectivity index (χ3v) is 5.58. The third kappa shape index (κ3) is 4.80. The molecule has 12 nitrogen and oxygen atoms in total. The lowest BCUT2D eigenvalue weighted by atomic mass is 10.1. The zero-order valence-electron chi connectivity index (χ0n) is 19.2. The Labute approximate surface area is 195 Å². The summed E-state index contributed by atoms with van der Waals surface area (Å²) in [7, 11) is 1.85. The molecule has 0 fully saturated rings. The van der Waals surface area contributed by atoms with Gasteiger partial charge in [-0.15, -0.1) is 10.2 Å². The average Bonchev–Trinajstić information content (AvgIpc) is 3.46. The Balaban J connectivity index is 1.39. The Morgan fingerprint density at radius 3 is 2.41 bits per heavy atom. The van der Waals surface area contributed by atoms with Gasteiger partial charge in [0, 0.05) is 36.5 Å². The lowest BCUT2D eigenvalue weighted by Crippen LogP contribution is -2.29. The maximum atomic E-state index is 12.8. The van der Waals surface area contributed by atoms with Gasteiger partial charge in [0.05, 0.1) is 11.7 Å². The number of amides is 2. The first kappa shape index (κ1) is 22.7. The fourth-order valence-electron chi connectivity index (χ4n) is 3.50. The van der Waals surface area contributed by atoms with Crippen LogP contribution in [0.15, 0.2) is 36.7 Å². The molecule has 3 N–H and O–H groups in total. The van der Waals surface area contributed by atoms with E-state index in [1.54, 1.807) is 4.68 Å². The summed E-state index contributed by atoms with van der Waals surface area (Å²) in [5.41, 5.74) is 4.67. The standard InChI is InChI=1S/C22H24N10O2/c1-12(15-5-7-16(8-6-15)20-27-30-31-28-20)26-22(34)19-9-18(24-11-25-19)21(33)23-10-17-13(2)29-32(4)14(17)3/h5-9,11-12H,10H2,1-4H3,(H,23,33)(H,26,34)(H,27,28,30,31)/t12-/m0/s1. The van der Waals surface area contributed by atoms with E-state index in [0.29, 0.717) is 12.4 Å². The molecule has 4 rings (SSSR count). The number of aryl methyl sites for hydroxylation is 2. The molecule has 3 heterocycles. The summed E-state index contributed by atoms with van der Waals surface area (Å²) >= 11 is 0. The van der Waals surface area contributed by atoms with E-state index in [1.165, 1.54) is 12.4 Å². The van der Waals surface area contributed by atoms with Gasteiger partial charge in [-0.3, -0.25) is 14.3 Å². The maximum Gasteiger partial charge on any atom is 0.270 e. The van der Waals surface area contributed by atoms with Crippen LogP contribution < -0.4 is 10.6 Å². The monoisotopic (exact) mass is 460 g/mol. The highest BCUT2D eigenvalue weighted by Gasteiger charge is 2.17. The van der Waals surface area contributed by atoms with E-state index in [-0.39, 0.29) is 17.4 Å². The molecule has 1 aromatic carbocycles. The number of H-pyrrole nitrogens is 1. The zero-order chi connectivity index (χ0) is 24.2. The number of aromatic amines is 1.